The molecule has 0 saturated carbocycles. The second-order valence-corrected chi connectivity index (χ2v) is 3.75. The average Bonchev–Trinajstić information content (AvgIpc) is 2.40. The molecule has 0 radical (unpaired) electrons. The van der Waals surface area contributed by atoms with Crippen molar-refractivity contribution in [2.75, 3.05) is 0 Å². The lowest BCUT2D eigenvalue weighted by molar-refractivity contribution is -0.0327. The van der Waals surface area contributed by atoms with E-state index in [0.29, 0.717) is 5.56 Å². The Morgan fingerprint density at radius 3 is 2.35 bits per heavy atom. The third-order valence-corrected chi connectivity index (χ3v) is 2.60. The van der Waals surface area contributed by atoms with Crippen LogP contribution in [-0.4, -0.2) is 4.98 Å². The molecule has 0 aliphatic carbocycles. The van der Waals surface area contributed by atoms with Crippen LogP contribution in [0.2, 0.25) is 0 Å². The standard InChI is InChI=1S/C13H12F2N2/c14-13(15,11-7-4-8-17-9-11)12(16)10-5-2-1-3-6-10/h1-9,12H,16H2. The SMILES string of the molecule is NC(c1ccccc1)C(F)(F)c1cccnc1. The number of benzene rings is 1. The van der Waals surface area contributed by atoms with Crippen LogP contribution in [0.1, 0.15) is 17.2 Å². The van der Waals surface area contributed by atoms with Crippen LogP contribution in [0.4, 0.5) is 8.78 Å². The van der Waals surface area contributed by atoms with Crippen LogP contribution >= 0.6 is 0 Å². The van der Waals surface area contributed by atoms with Crippen LogP contribution in [0.25, 0.3) is 0 Å². The molecule has 0 amide bonds. The molecule has 1 heterocycles. The highest BCUT2D eigenvalue weighted by atomic mass is 19.3. The van der Waals surface area contributed by atoms with Gasteiger partial charge in [-0.05, 0) is 17.7 Å². The molecule has 0 spiro atoms. The fraction of sp³-hybridized carbons (Fsp3) is 0.154. The van der Waals surface area contributed by atoms with E-state index in [2.05, 4.69) is 4.98 Å². The highest BCUT2D eigenvalue weighted by Gasteiger charge is 2.40. The number of nitrogens with two attached hydrogens (primary N) is 1. The van der Waals surface area contributed by atoms with Gasteiger partial charge in [-0.15, -0.1) is 0 Å². The number of hydrogen-bond donors (Lipinski definition) is 1. The Morgan fingerprint density at radius 2 is 1.76 bits per heavy atom. The molecule has 0 aliphatic heterocycles. The van der Waals surface area contributed by atoms with Gasteiger partial charge in [-0.25, -0.2) is 0 Å². The average molecular weight is 234 g/mol. The van der Waals surface area contributed by atoms with Gasteiger partial charge in [0.2, 0.25) is 0 Å². The van der Waals surface area contributed by atoms with Crippen molar-refractivity contribution in [2.45, 2.75) is 12.0 Å². The molecule has 1 unspecified atom stereocenters. The summed E-state index contributed by atoms with van der Waals surface area (Å²) in [7, 11) is 0. The Bertz CT molecular complexity index is 471. The quantitative estimate of drug-likeness (QED) is 0.886. The zero-order valence-electron chi connectivity index (χ0n) is 9.05. The van der Waals surface area contributed by atoms with Crippen molar-refractivity contribution in [3.63, 3.8) is 0 Å². The monoisotopic (exact) mass is 234 g/mol. The molecule has 2 nitrogen and oxygen atoms in total. The van der Waals surface area contributed by atoms with E-state index in [1.165, 1.54) is 18.3 Å². The minimum atomic E-state index is -3.13. The molecule has 2 N–H and O–H groups in total. The highest BCUT2D eigenvalue weighted by Crippen LogP contribution is 2.38. The van der Waals surface area contributed by atoms with Crippen LogP contribution in [-0.2, 0) is 5.92 Å². The van der Waals surface area contributed by atoms with Gasteiger partial charge < -0.3 is 5.73 Å². The van der Waals surface area contributed by atoms with E-state index in [9.17, 15) is 8.78 Å². The Balaban J connectivity index is 2.33. The summed E-state index contributed by atoms with van der Waals surface area (Å²) in [4.78, 5) is 3.69. The fourth-order valence-electron chi connectivity index (χ4n) is 1.61. The molecule has 0 saturated heterocycles. The van der Waals surface area contributed by atoms with E-state index in [4.69, 9.17) is 5.73 Å². The number of halogens is 2. The van der Waals surface area contributed by atoms with Crippen molar-refractivity contribution in [1.82, 2.24) is 4.98 Å². The van der Waals surface area contributed by atoms with Gasteiger partial charge in [0.25, 0.3) is 5.92 Å². The van der Waals surface area contributed by atoms with Crippen LogP contribution < -0.4 is 5.73 Å². The zero-order valence-corrected chi connectivity index (χ0v) is 9.05. The normalized spacial score (nSPS) is 13.4. The first kappa shape index (κ1) is 11.7. The molecule has 1 atom stereocenters. The van der Waals surface area contributed by atoms with E-state index in [1.807, 2.05) is 0 Å². The van der Waals surface area contributed by atoms with Gasteiger partial charge in [0, 0.05) is 18.0 Å². The Hall–Kier alpha value is -1.81. The smallest absolute Gasteiger partial charge is 0.293 e. The number of pyridine rings is 1. The van der Waals surface area contributed by atoms with Gasteiger partial charge in [-0.2, -0.15) is 8.78 Å². The molecule has 88 valence electrons. The summed E-state index contributed by atoms with van der Waals surface area (Å²) in [6.07, 6.45) is 2.59. The van der Waals surface area contributed by atoms with Gasteiger partial charge in [-0.1, -0.05) is 30.3 Å². The lowest BCUT2D eigenvalue weighted by Gasteiger charge is -2.23. The summed E-state index contributed by atoms with van der Waals surface area (Å²) in [5.74, 6) is -3.13. The van der Waals surface area contributed by atoms with E-state index in [1.54, 1.807) is 30.3 Å². The molecule has 17 heavy (non-hydrogen) atoms. The first-order chi connectivity index (χ1) is 8.12. The first-order valence-corrected chi connectivity index (χ1v) is 5.21. The number of hydrogen-bond acceptors (Lipinski definition) is 2. The molecule has 0 aliphatic rings. The van der Waals surface area contributed by atoms with E-state index in [0.717, 1.165) is 6.20 Å². The minimum absolute atomic E-state index is 0.170. The number of nitrogens with zero attached hydrogens (tertiary/aromatic N) is 1. The molecule has 1 aromatic carbocycles. The van der Waals surface area contributed by atoms with Crippen molar-refractivity contribution >= 4 is 0 Å². The van der Waals surface area contributed by atoms with Crippen LogP contribution in [0.15, 0.2) is 54.9 Å². The molecule has 2 aromatic rings. The second kappa shape index (κ2) is 4.59. The van der Waals surface area contributed by atoms with Crippen molar-refractivity contribution in [2.24, 2.45) is 5.73 Å². The van der Waals surface area contributed by atoms with Crippen molar-refractivity contribution in [3.8, 4) is 0 Å². The summed E-state index contributed by atoms with van der Waals surface area (Å²) in [6.45, 7) is 0. The lowest BCUT2D eigenvalue weighted by atomic mass is 9.97. The van der Waals surface area contributed by atoms with E-state index in [-0.39, 0.29) is 5.56 Å². The van der Waals surface area contributed by atoms with Gasteiger partial charge in [0.05, 0.1) is 6.04 Å². The van der Waals surface area contributed by atoms with Crippen LogP contribution in [0.5, 0.6) is 0 Å². The largest absolute Gasteiger partial charge is 0.319 e. The van der Waals surface area contributed by atoms with Gasteiger partial charge >= 0.3 is 0 Å². The van der Waals surface area contributed by atoms with Crippen molar-refractivity contribution in [3.05, 3.63) is 66.0 Å². The summed E-state index contributed by atoms with van der Waals surface area (Å²) in [5.41, 5.74) is 5.86. The summed E-state index contributed by atoms with van der Waals surface area (Å²) in [6, 6.07) is 9.76. The topological polar surface area (TPSA) is 38.9 Å². The number of aromatic nitrogens is 1. The summed E-state index contributed by atoms with van der Waals surface area (Å²) in [5, 5.41) is 0. The molecule has 1 aromatic heterocycles. The molecule has 4 heteroatoms. The molecule has 2 rings (SSSR count). The summed E-state index contributed by atoms with van der Waals surface area (Å²) >= 11 is 0. The Kier molecular flexibility index (Phi) is 3.15. The van der Waals surface area contributed by atoms with Gasteiger partial charge in [-0.3, -0.25) is 4.98 Å². The van der Waals surface area contributed by atoms with Crippen molar-refractivity contribution < 1.29 is 8.78 Å². The Morgan fingerprint density at radius 1 is 1.06 bits per heavy atom. The van der Waals surface area contributed by atoms with Crippen LogP contribution in [0, 0.1) is 0 Å². The van der Waals surface area contributed by atoms with Gasteiger partial charge in [0.1, 0.15) is 0 Å². The zero-order chi connectivity index (χ0) is 12.3. The fourth-order valence-corrected chi connectivity index (χ4v) is 1.61. The van der Waals surface area contributed by atoms with Crippen molar-refractivity contribution in [1.29, 1.82) is 0 Å². The van der Waals surface area contributed by atoms with Gasteiger partial charge in [0.15, 0.2) is 0 Å². The predicted molar refractivity (Wildman–Crippen MR) is 61.5 cm³/mol. The van der Waals surface area contributed by atoms with Crippen LogP contribution in [0.3, 0.4) is 0 Å². The lowest BCUT2D eigenvalue weighted by Crippen LogP contribution is -2.30. The molecule has 0 bridgehead atoms. The second-order valence-electron chi connectivity index (χ2n) is 3.75. The summed E-state index contributed by atoms with van der Waals surface area (Å²) < 4.78 is 28.1. The third kappa shape index (κ3) is 2.31. The van der Waals surface area contributed by atoms with E-state index < -0.39 is 12.0 Å². The molecular weight excluding hydrogens is 222 g/mol. The third-order valence-electron chi connectivity index (χ3n) is 2.60. The molecular formula is C13H12F2N2. The number of rotatable bonds is 3. The predicted octanol–water partition coefficient (Wildman–Crippen LogP) is 2.87. The number of alkyl halides is 2. The van der Waals surface area contributed by atoms with E-state index >= 15 is 0 Å². The minimum Gasteiger partial charge on any atom is -0.319 e. The first-order valence-electron chi connectivity index (χ1n) is 5.21. The maximum Gasteiger partial charge on any atom is 0.293 e. The Labute approximate surface area is 98.1 Å². The maximum absolute atomic E-state index is 14.1. The molecule has 0 fully saturated rings. The highest BCUT2D eigenvalue weighted by molar-refractivity contribution is 5.26. The maximum atomic E-state index is 14.1.